The number of hydrogen-bond donors (Lipinski definition) is 0. The highest BCUT2D eigenvalue weighted by molar-refractivity contribution is 5.64. The largest absolute Gasteiger partial charge is 0.494 e. The van der Waals surface area contributed by atoms with Crippen molar-refractivity contribution >= 4 is 0 Å². The Hall–Kier alpha value is -2.32. The van der Waals surface area contributed by atoms with Gasteiger partial charge in [0.1, 0.15) is 5.75 Å². The monoisotopic (exact) mass is 390 g/mol. The summed E-state index contributed by atoms with van der Waals surface area (Å²) in [6, 6.07) is 17.5. The van der Waals surface area contributed by atoms with Crippen LogP contribution in [-0.2, 0) is 4.74 Å². The highest BCUT2D eigenvalue weighted by atomic mass is 16.5. The van der Waals surface area contributed by atoms with Crippen molar-refractivity contribution in [2.75, 3.05) is 13.2 Å². The second kappa shape index (κ2) is 11.6. The van der Waals surface area contributed by atoms with Gasteiger partial charge < -0.3 is 9.47 Å². The third-order valence-electron chi connectivity index (χ3n) is 5.58. The highest BCUT2D eigenvalue weighted by Gasteiger charge is 2.22. The van der Waals surface area contributed by atoms with Gasteiger partial charge in [0, 0.05) is 0 Å². The Labute approximate surface area is 176 Å². The molecule has 0 aromatic heterocycles. The highest BCUT2D eigenvalue weighted by Crippen LogP contribution is 2.35. The number of ether oxygens (including phenoxy) is 2. The molecular formula is C27H34O2. The van der Waals surface area contributed by atoms with Crippen LogP contribution in [0.4, 0.5) is 0 Å². The van der Waals surface area contributed by atoms with E-state index in [0.717, 1.165) is 38.2 Å². The topological polar surface area (TPSA) is 18.5 Å². The van der Waals surface area contributed by atoms with Crippen LogP contribution in [0.2, 0.25) is 0 Å². The van der Waals surface area contributed by atoms with E-state index in [9.17, 15) is 0 Å². The number of hydrogen-bond acceptors (Lipinski definition) is 2. The van der Waals surface area contributed by atoms with Gasteiger partial charge in [0.15, 0.2) is 0 Å². The molecule has 29 heavy (non-hydrogen) atoms. The Kier molecular flexibility index (Phi) is 8.58. The minimum atomic E-state index is 0.411. The third kappa shape index (κ3) is 6.61. The van der Waals surface area contributed by atoms with Crippen LogP contribution in [0.3, 0.4) is 0 Å². The third-order valence-corrected chi connectivity index (χ3v) is 5.58. The lowest BCUT2D eigenvalue weighted by atomic mass is 9.82. The lowest BCUT2D eigenvalue weighted by Crippen LogP contribution is -2.20. The molecule has 1 saturated carbocycles. The molecule has 2 heteroatoms. The summed E-state index contributed by atoms with van der Waals surface area (Å²) >= 11 is 0. The average Bonchev–Trinajstić information content (AvgIpc) is 2.78. The van der Waals surface area contributed by atoms with Crippen molar-refractivity contribution in [2.24, 2.45) is 0 Å². The predicted molar refractivity (Wildman–Crippen MR) is 123 cm³/mol. The van der Waals surface area contributed by atoms with E-state index in [-0.39, 0.29) is 0 Å². The zero-order valence-corrected chi connectivity index (χ0v) is 17.8. The molecule has 2 aromatic carbocycles. The minimum Gasteiger partial charge on any atom is -0.494 e. The van der Waals surface area contributed by atoms with Gasteiger partial charge in [-0.05, 0) is 73.8 Å². The van der Waals surface area contributed by atoms with E-state index in [4.69, 9.17) is 9.47 Å². The fraction of sp³-hybridized carbons (Fsp3) is 0.407. The molecule has 3 rings (SSSR count). The van der Waals surface area contributed by atoms with Crippen molar-refractivity contribution in [2.45, 2.75) is 58.0 Å². The normalized spacial score (nSPS) is 19.8. The van der Waals surface area contributed by atoms with Crippen LogP contribution in [0.5, 0.6) is 5.75 Å². The maximum Gasteiger partial charge on any atom is 0.119 e. The zero-order valence-electron chi connectivity index (χ0n) is 17.8. The van der Waals surface area contributed by atoms with Crippen molar-refractivity contribution in [3.63, 3.8) is 0 Å². The van der Waals surface area contributed by atoms with Gasteiger partial charge in [-0.2, -0.15) is 0 Å². The molecule has 1 fully saturated rings. The van der Waals surface area contributed by atoms with Crippen LogP contribution in [0, 0.1) is 0 Å². The molecule has 0 radical (unpaired) electrons. The lowest BCUT2D eigenvalue weighted by molar-refractivity contribution is 0.0422. The molecule has 0 aliphatic heterocycles. The van der Waals surface area contributed by atoms with Gasteiger partial charge in [0.2, 0.25) is 0 Å². The van der Waals surface area contributed by atoms with Crippen molar-refractivity contribution < 1.29 is 9.47 Å². The number of rotatable bonds is 9. The molecule has 0 heterocycles. The molecule has 2 aromatic rings. The number of benzene rings is 2. The summed E-state index contributed by atoms with van der Waals surface area (Å²) in [6.45, 7) is 5.64. The summed E-state index contributed by atoms with van der Waals surface area (Å²) in [6.07, 6.45) is 14.4. The van der Waals surface area contributed by atoms with E-state index in [1.807, 2.05) is 19.1 Å². The van der Waals surface area contributed by atoms with Gasteiger partial charge in [-0.25, -0.2) is 0 Å². The molecule has 0 saturated heterocycles. The zero-order chi connectivity index (χ0) is 20.3. The van der Waals surface area contributed by atoms with E-state index >= 15 is 0 Å². The molecule has 1 aliphatic rings. The second-order valence-corrected chi connectivity index (χ2v) is 7.76. The molecular weight excluding hydrogens is 356 g/mol. The quantitative estimate of drug-likeness (QED) is 0.418. The molecule has 154 valence electrons. The van der Waals surface area contributed by atoms with Crippen LogP contribution < -0.4 is 4.74 Å². The minimum absolute atomic E-state index is 0.411. The van der Waals surface area contributed by atoms with Crippen molar-refractivity contribution in [3.8, 4) is 16.9 Å². The molecule has 0 bridgehead atoms. The van der Waals surface area contributed by atoms with Crippen LogP contribution in [0.25, 0.3) is 11.1 Å². The van der Waals surface area contributed by atoms with Gasteiger partial charge in [-0.1, -0.05) is 67.6 Å². The summed E-state index contributed by atoms with van der Waals surface area (Å²) in [5.74, 6) is 1.61. The summed E-state index contributed by atoms with van der Waals surface area (Å²) in [7, 11) is 0. The molecule has 0 unspecified atom stereocenters. The van der Waals surface area contributed by atoms with Gasteiger partial charge in [0.25, 0.3) is 0 Å². The molecule has 1 aliphatic carbocycles. The van der Waals surface area contributed by atoms with Crippen molar-refractivity contribution in [1.29, 1.82) is 0 Å². The summed E-state index contributed by atoms with van der Waals surface area (Å²) < 4.78 is 11.7. The van der Waals surface area contributed by atoms with E-state index in [1.54, 1.807) is 0 Å². The van der Waals surface area contributed by atoms with Gasteiger partial charge in [0.05, 0.1) is 19.3 Å². The SMILES string of the molecule is C/C=C/C=C/COC1CCC(c2ccc(-c3ccc(OCCC)cc3)cc2)CC1. The molecule has 0 N–H and O–H groups in total. The number of allylic oxidation sites excluding steroid dienone is 3. The first-order chi connectivity index (χ1) is 14.3. The second-order valence-electron chi connectivity index (χ2n) is 7.76. The molecule has 0 amide bonds. The van der Waals surface area contributed by atoms with E-state index in [1.165, 1.54) is 29.5 Å². The van der Waals surface area contributed by atoms with E-state index in [0.29, 0.717) is 12.0 Å². The van der Waals surface area contributed by atoms with Crippen molar-refractivity contribution in [3.05, 3.63) is 78.4 Å². The Morgan fingerprint density at radius 3 is 2.14 bits per heavy atom. The maximum atomic E-state index is 5.99. The summed E-state index contributed by atoms with van der Waals surface area (Å²) in [4.78, 5) is 0. The molecule has 2 nitrogen and oxygen atoms in total. The van der Waals surface area contributed by atoms with Crippen LogP contribution in [0.1, 0.15) is 57.4 Å². The Bertz CT molecular complexity index is 763. The molecule has 0 spiro atoms. The van der Waals surface area contributed by atoms with Gasteiger partial charge in [-0.3, -0.25) is 0 Å². The van der Waals surface area contributed by atoms with Crippen molar-refractivity contribution in [1.82, 2.24) is 0 Å². The fourth-order valence-corrected chi connectivity index (χ4v) is 3.91. The smallest absolute Gasteiger partial charge is 0.119 e. The summed E-state index contributed by atoms with van der Waals surface area (Å²) in [5, 5.41) is 0. The Morgan fingerprint density at radius 1 is 0.862 bits per heavy atom. The summed E-state index contributed by atoms with van der Waals surface area (Å²) in [5.41, 5.74) is 3.97. The maximum absolute atomic E-state index is 5.99. The van der Waals surface area contributed by atoms with E-state index < -0.39 is 0 Å². The van der Waals surface area contributed by atoms with E-state index in [2.05, 4.69) is 67.6 Å². The Morgan fingerprint density at radius 2 is 1.52 bits per heavy atom. The van der Waals surface area contributed by atoms with Gasteiger partial charge >= 0.3 is 0 Å². The fourth-order valence-electron chi connectivity index (χ4n) is 3.91. The van der Waals surface area contributed by atoms with Crippen LogP contribution in [-0.4, -0.2) is 19.3 Å². The average molecular weight is 391 g/mol. The lowest BCUT2D eigenvalue weighted by Gasteiger charge is -2.28. The molecule has 0 atom stereocenters. The predicted octanol–water partition coefficient (Wildman–Crippen LogP) is 7.32. The Balaban J connectivity index is 1.49. The first-order valence-corrected chi connectivity index (χ1v) is 11.0. The van der Waals surface area contributed by atoms with Crippen LogP contribution >= 0.6 is 0 Å². The first kappa shape index (κ1) is 21.4. The first-order valence-electron chi connectivity index (χ1n) is 11.0. The standard InChI is InChI=1S/C27H34O2/c1-3-5-6-7-21-29-27-18-14-25(15-19-27)23-10-8-22(9-11-23)24-12-16-26(17-13-24)28-20-4-2/h3,5-13,16-17,25,27H,4,14-15,18-21H2,1-2H3/b5-3+,7-6+. The van der Waals surface area contributed by atoms with Gasteiger partial charge in [-0.15, -0.1) is 0 Å². The van der Waals surface area contributed by atoms with Crippen LogP contribution in [0.15, 0.2) is 72.8 Å².